The van der Waals surface area contributed by atoms with Crippen LogP contribution in [-0.2, 0) is 11.3 Å². The van der Waals surface area contributed by atoms with E-state index in [2.05, 4.69) is 20.4 Å². The molecular formula is C11H13N5O3. The number of carboxylic acid groups (broad SMARTS) is 1. The zero-order valence-electron chi connectivity index (χ0n) is 10.3. The van der Waals surface area contributed by atoms with Crippen LogP contribution in [0, 0.1) is 0 Å². The first-order valence-electron chi connectivity index (χ1n) is 5.53. The summed E-state index contributed by atoms with van der Waals surface area (Å²) in [5, 5.41) is 16.0. The number of rotatable bonds is 6. The van der Waals surface area contributed by atoms with Gasteiger partial charge < -0.3 is 15.2 Å². The van der Waals surface area contributed by atoms with E-state index < -0.39 is 5.97 Å². The third-order valence-corrected chi connectivity index (χ3v) is 2.32. The quantitative estimate of drug-likeness (QED) is 0.793. The van der Waals surface area contributed by atoms with E-state index in [0.717, 1.165) is 0 Å². The van der Waals surface area contributed by atoms with Crippen LogP contribution in [0.2, 0.25) is 0 Å². The van der Waals surface area contributed by atoms with Crippen LogP contribution in [0.15, 0.2) is 24.8 Å². The van der Waals surface area contributed by atoms with E-state index in [0.29, 0.717) is 18.8 Å². The molecule has 2 heterocycles. The Hall–Kier alpha value is -2.48. The fourth-order valence-corrected chi connectivity index (χ4v) is 1.46. The second kappa shape index (κ2) is 5.91. The lowest BCUT2D eigenvalue weighted by molar-refractivity contribution is 0.0691. The summed E-state index contributed by atoms with van der Waals surface area (Å²) in [6, 6.07) is 0. The summed E-state index contributed by atoms with van der Waals surface area (Å²) in [7, 11) is 1.61. The van der Waals surface area contributed by atoms with Crippen molar-refractivity contribution in [3.63, 3.8) is 0 Å². The monoisotopic (exact) mass is 263 g/mol. The van der Waals surface area contributed by atoms with E-state index >= 15 is 0 Å². The molecule has 2 rings (SSSR count). The molecule has 2 aromatic heterocycles. The van der Waals surface area contributed by atoms with Gasteiger partial charge in [0.15, 0.2) is 11.5 Å². The van der Waals surface area contributed by atoms with Gasteiger partial charge in [-0.1, -0.05) is 0 Å². The van der Waals surface area contributed by atoms with Crippen LogP contribution >= 0.6 is 0 Å². The molecule has 0 saturated heterocycles. The Bertz CT molecular complexity index is 569. The summed E-state index contributed by atoms with van der Waals surface area (Å²) in [6.07, 6.45) is 6.07. The van der Waals surface area contributed by atoms with Crippen molar-refractivity contribution in [2.24, 2.45) is 0 Å². The van der Waals surface area contributed by atoms with Crippen molar-refractivity contribution >= 4 is 17.5 Å². The summed E-state index contributed by atoms with van der Waals surface area (Å²) in [4.78, 5) is 18.7. The number of carbonyl (C=O) groups is 1. The second-order valence-corrected chi connectivity index (χ2v) is 3.67. The molecular weight excluding hydrogens is 250 g/mol. The van der Waals surface area contributed by atoms with Crippen LogP contribution < -0.4 is 5.32 Å². The lowest BCUT2D eigenvalue weighted by atomic mass is 10.4. The Morgan fingerprint density at radius 1 is 1.47 bits per heavy atom. The van der Waals surface area contributed by atoms with Crippen LogP contribution in [0.3, 0.4) is 0 Å². The standard InChI is InChI=1S/C11H13N5O3/c1-19-5-4-16-7-8(6-14-16)15-10-9(11(17)18)12-2-3-13-10/h2-3,6-7H,4-5H2,1H3,(H,13,15)(H,17,18). The summed E-state index contributed by atoms with van der Waals surface area (Å²) in [6.45, 7) is 1.16. The number of ether oxygens (including phenoxy) is 1. The van der Waals surface area contributed by atoms with Crippen LogP contribution in [0.4, 0.5) is 11.5 Å². The number of methoxy groups -OCH3 is 1. The van der Waals surface area contributed by atoms with Crippen molar-refractivity contribution in [3.05, 3.63) is 30.5 Å². The van der Waals surface area contributed by atoms with Gasteiger partial charge in [-0.15, -0.1) is 0 Å². The third-order valence-electron chi connectivity index (χ3n) is 2.32. The molecule has 0 unspecified atom stereocenters. The highest BCUT2D eigenvalue weighted by atomic mass is 16.5. The Balaban J connectivity index is 2.13. The molecule has 2 aromatic rings. The number of hydrogen-bond acceptors (Lipinski definition) is 6. The molecule has 0 aliphatic carbocycles. The number of nitrogens with zero attached hydrogens (tertiary/aromatic N) is 4. The molecule has 100 valence electrons. The van der Waals surface area contributed by atoms with Crippen molar-refractivity contribution in [1.29, 1.82) is 0 Å². The van der Waals surface area contributed by atoms with Crippen molar-refractivity contribution in [1.82, 2.24) is 19.7 Å². The normalized spacial score (nSPS) is 10.4. The molecule has 0 saturated carbocycles. The molecule has 0 bridgehead atoms. The van der Waals surface area contributed by atoms with Gasteiger partial charge in [-0.2, -0.15) is 5.10 Å². The van der Waals surface area contributed by atoms with Gasteiger partial charge in [-0.25, -0.2) is 14.8 Å². The Labute approximate surface area is 109 Å². The highest BCUT2D eigenvalue weighted by Crippen LogP contribution is 2.15. The van der Waals surface area contributed by atoms with Gasteiger partial charge in [0.1, 0.15) is 0 Å². The summed E-state index contributed by atoms with van der Waals surface area (Å²) >= 11 is 0. The lowest BCUT2D eigenvalue weighted by Crippen LogP contribution is -2.07. The minimum atomic E-state index is -1.14. The molecule has 2 N–H and O–H groups in total. The lowest BCUT2D eigenvalue weighted by Gasteiger charge is -2.04. The van der Waals surface area contributed by atoms with E-state index in [1.54, 1.807) is 24.2 Å². The topological polar surface area (TPSA) is 102 Å². The highest BCUT2D eigenvalue weighted by Gasteiger charge is 2.13. The number of carboxylic acids is 1. The predicted molar refractivity (Wildman–Crippen MR) is 66.4 cm³/mol. The van der Waals surface area contributed by atoms with Crippen LogP contribution in [-0.4, -0.2) is 44.5 Å². The largest absolute Gasteiger partial charge is 0.476 e. The zero-order valence-corrected chi connectivity index (χ0v) is 10.3. The van der Waals surface area contributed by atoms with Gasteiger partial charge in [0.25, 0.3) is 0 Å². The average Bonchev–Trinajstić information content (AvgIpc) is 2.84. The Morgan fingerprint density at radius 3 is 3.00 bits per heavy atom. The number of nitrogens with one attached hydrogen (secondary N) is 1. The van der Waals surface area contributed by atoms with Crippen LogP contribution in [0.1, 0.15) is 10.5 Å². The molecule has 0 fully saturated rings. The molecule has 0 aliphatic rings. The van der Waals surface area contributed by atoms with Gasteiger partial charge in [-0.05, 0) is 0 Å². The van der Waals surface area contributed by atoms with Gasteiger partial charge in [-0.3, -0.25) is 4.68 Å². The fraction of sp³-hybridized carbons (Fsp3) is 0.273. The predicted octanol–water partition coefficient (Wildman–Crippen LogP) is 0.761. The molecule has 0 atom stereocenters. The van der Waals surface area contributed by atoms with E-state index in [-0.39, 0.29) is 11.5 Å². The van der Waals surface area contributed by atoms with Crippen molar-refractivity contribution < 1.29 is 14.6 Å². The summed E-state index contributed by atoms with van der Waals surface area (Å²) < 4.78 is 6.63. The molecule has 0 aliphatic heterocycles. The molecule has 0 amide bonds. The van der Waals surface area contributed by atoms with Crippen LogP contribution in [0.5, 0.6) is 0 Å². The molecule has 0 spiro atoms. The number of aromatic nitrogens is 4. The minimum absolute atomic E-state index is 0.132. The van der Waals surface area contributed by atoms with Gasteiger partial charge in [0.05, 0.1) is 25.0 Å². The number of aromatic carboxylic acids is 1. The average molecular weight is 263 g/mol. The molecule has 19 heavy (non-hydrogen) atoms. The van der Waals surface area contributed by atoms with Crippen molar-refractivity contribution in [2.75, 3.05) is 19.0 Å². The Kier molecular flexibility index (Phi) is 4.04. The summed E-state index contributed by atoms with van der Waals surface area (Å²) in [5.74, 6) is -0.955. The maximum Gasteiger partial charge on any atom is 0.358 e. The number of anilines is 2. The second-order valence-electron chi connectivity index (χ2n) is 3.67. The first kappa shape index (κ1) is 13.0. The molecule has 8 heteroatoms. The zero-order chi connectivity index (χ0) is 13.7. The SMILES string of the molecule is COCCn1cc(Nc2nccnc2C(=O)O)cn1. The molecule has 0 radical (unpaired) electrons. The third kappa shape index (κ3) is 3.26. The van der Waals surface area contributed by atoms with E-state index in [9.17, 15) is 4.79 Å². The molecule has 0 aromatic carbocycles. The minimum Gasteiger partial charge on any atom is -0.476 e. The van der Waals surface area contributed by atoms with Gasteiger partial charge >= 0.3 is 5.97 Å². The van der Waals surface area contributed by atoms with Crippen molar-refractivity contribution in [2.45, 2.75) is 6.54 Å². The summed E-state index contributed by atoms with van der Waals surface area (Å²) in [5.41, 5.74) is 0.506. The van der Waals surface area contributed by atoms with E-state index in [4.69, 9.17) is 9.84 Å². The first-order valence-corrected chi connectivity index (χ1v) is 5.53. The Morgan fingerprint density at radius 2 is 2.26 bits per heavy atom. The number of hydrogen-bond donors (Lipinski definition) is 2. The fourth-order valence-electron chi connectivity index (χ4n) is 1.46. The smallest absolute Gasteiger partial charge is 0.358 e. The van der Waals surface area contributed by atoms with Gasteiger partial charge in [0, 0.05) is 25.7 Å². The maximum atomic E-state index is 11.0. The highest BCUT2D eigenvalue weighted by molar-refractivity contribution is 5.91. The maximum absolute atomic E-state index is 11.0. The van der Waals surface area contributed by atoms with Crippen LogP contribution in [0.25, 0.3) is 0 Å². The van der Waals surface area contributed by atoms with E-state index in [1.807, 2.05) is 0 Å². The van der Waals surface area contributed by atoms with Gasteiger partial charge in [0.2, 0.25) is 0 Å². The molecule has 8 nitrogen and oxygen atoms in total. The van der Waals surface area contributed by atoms with Crippen molar-refractivity contribution in [3.8, 4) is 0 Å². The first-order chi connectivity index (χ1) is 9.20. The van der Waals surface area contributed by atoms with E-state index in [1.165, 1.54) is 12.4 Å².